The molecule has 2 aromatic carbocycles. The standard InChI is InChI=1S/C29H31ClN4O4/c1-29(2,19-33-27(35)10-4-20-3-9-26(31)32-18-20)38-25-16-23(15-24(30)17-25)21-5-7-22(8-6-21)28(36)34-11-13-37-14-12-34/h3-10,15-18H,11-14,19H2,1-2H3,(H2,31,32)(H,33,35). The Morgan fingerprint density at radius 1 is 1.11 bits per heavy atom. The first-order valence-electron chi connectivity index (χ1n) is 12.3. The summed E-state index contributed by atoms with van der Waals surface area (Å²) in [6.45, 7) is 6.36. The van der Waals surface area contributed by atoms with E-state index >= 15 is 0 Å². The number of carbonyl (C=O) groups excluding carboxylic acids is 2. The van der Waals surface area contributed by atoms with Crippen LogP contribution < -0.4 is 15.8 Å². The monoisotopic (exact) mass is 534 g/mol. The lowest BCUT2D eigenvalue weighted by molar-refractivity contribution is -0.117. The van der Waals surface area contributed by atoms with Crippen molar-refractivity contribution >= 4 is 35.3 Å². The van der Waals surface area contributed by atoms with Gasteiger partial charge in [-0.05, 0) is 79.1 Å². The van der Waals surface area contributed by atoms with Crippen molar-refractivity contribution in [3.05, 3.63) is 83.0 Å². The molecule has 4 rings (SSSR count). The second-order valence-electron chi connectivity index (χ2n) is 9.59. The summed E-state index contributed by atoms with van der Waals surface area (Å²) in [6.07, 6.45) is 4.70. The number of benzene rings is 2. The molecule has 3 N–H and O–H groups in total. The van der Waals surface area contributed by atoms with E-state index in [2.05, 4.69) is 10.3 Å². The second kappa shape index (κ2) is 12.1. The molecule has 2 amide bonds. The third kappa shape index (κ3) is 7.57. The Bertz CT molecular complexity index is 1300. The largest absolute Gasteiger partial charge is 0.486 e. The van der Waals surface area contributed by atoms with Crippen molar-refractivity contribution in [3.63, 3.8) is 0 Å². The number of morpholine rings is 1. The van der Waals surface area contributed by atoms with Gasteiger partial charge in [0.2, 0.25) is 5.91 Å². The van der Waals surface area contributed by atoms with E-state index in [1.807, 2.05) is 50.2 Å². The fourth-order valence-corrected chi connectivity index (χ4v) is 4.17. The maximum atomic E-state index is 12.7. The highest BCUT2D eigenvalue weighted by molar-refractivity contribution is 6.31. The van der Waals surface area contributed by atoms with Gasteiger partial charge in [0.15, 0.2) is 0 Å². The summed E-state index contributed by atoms with van der Waals surface area (Å²) in [6, 6.07) is 16.4. The van der Waals surface area contributed by atoms with Gasteiger partial charge in [0.25, 0.3) is 5.91 Å². The van der Waals surface area contributed by atoms with Crippen LogP contribution in [0.5, 0.6) is 5.75 Å². The van der Waals surface area contributed by atoms with Crippen LogP contribution in [0.2, 0.25) is 5.02 Å². The van der Waals surface area contributed by atoms with Crippen molar-refractivity contribution < 1.29 is 19.1 Å². The van der Waals surface area contributed by atoms with Crippen LogP contribution in [-0.4, -0.2) is 60.1 Å². The minimum Gasteiger partial charge on any atom is -0.486 e. The topological polar surface area (TPSA) is 107 Å². The van der Waals surface area contributed by atoms with E-state index in [9.17, 15) is 9.59 Å². The predicted molar refractivity (Wildman–Crippen MR) is 149 cm³/mol. The van der Waals surface area contributed by atoms with E-state index in [0.29, 0.717) is 48.5 Å². The number of nitrogen functional groups attached to an aromatic ring is 1. The molecule has 0 bridgehead atoms. The van der Waals surface area contributed by atoms with Crippen LogP contribution in [0, 0.1) is 0 Å². The molecule has 2 heterocycles. The molecular weight excluding hydrogens is 504 g/mol. The average molecular weight is 535 g/mol. The summed E-state index contributed by atoms with van der Waals surface area (Å²) in [5.41, 5.74) is 8.05. The zero-order valence-corrected chi connectivity index (χ0v) is 22.2. The smallest absolute Gasteiger partial charge is 0.254 e. The summed E-state index contributed by atoms with van der Waals surface area (Å²) < 4.78 is 11.5. The second-order valence-corrected chi connectivity index (χ2v) is 10.0. The van der Waals surface area contributed by atoms with E-state index in [0.717, 1.165) is 16.7 Å². The van der Waals surface area contributed by atoms with Crippen LogP contribution >= 0.6 is 11.6 Å². The van der Waals surface area contributed by atoms with Gasteiger partial charge in [0.1, 0.15) is 17.2 Å². The zero-order chi connectivity index (χ0) is 27.1. The molecule has 0 unspecified atom stereocenters. The molecule has 8 nitrogen and oxygen atoms in total. The first-order valence-corrected chi connectivity index (χ1v) is 12.7. The number of amides is 2. The minimum absolute atomic E-state index is 0.00117. The lowest BCUT2D eigenvalue weighted by atomic mass is 10.0. The highest BCUT2D eigenvalue weighted by Crippen LogP contribution is 2.31. The molecule has 198 valence electrons. The maximum Gasteiger partial charge on any atom is 0.254 e. The van der Waals surface area contributed by atoms with Crippen molar-refractivity contribution in [2.24, 2.45) is 0 Å². The maximum absolute atomic E-state index is 12.7. The number of carbonyl (C=O) groups is 2. The Balaban J connectivity index is 1.38. The lowest BCUT2D eigenvalue weighted by Gasteiger charge is -2.27. The molecule has 38 heavy (non-hydrogen) atoms. The van der Waals surface area contributed by atoms with E-state index in [4.69, 9.17) is 26.8 Å². The van der Waals surface area contributed by atoms with Gasteiger partial charge in [0.05, 0.1) is 19.8 Å². The molecule has 1 saturated heterocycles. The highest BCUT2D eigenvalue weighted by Gasteiger charge is 2.22. The van der Waals surface area contributed by atoms with Gasteiger partial charge in [-0.3, -0.25) is 9.59 Å². The van der Waals surface area contributed by atoms with Gasteiger partial charge in [-0.15, -0.1) is 0 Å². The van der Waals surface area contributed by atoms with Gasteiger partial charge >= 0.3 is 0 Å². The zero-order valence-electron chi connectivity index (χ0n) is 21.4. The molecule has 0 saturated carbocycles. The number of rotatable bonds is 8. The summed E-state index contributed by atoms with van der Waals surface area (Å²) in [7, 11) is 0. The number of hydrogen-bond donors (Lipinski definition) is 2. The van der Waals surface area contributed by atoms with E-state index < -0.39 is 5.60 Å². The van der Waals surface area contributed by atoms with Crippen LogP contribution in [0.4, 0.5) is 5.82 Å². The summed E-state index contributed by atoms with van der Waals surface area (Å²) in [5, 5.41) is 3.38. The van der Waals surface area contributed by atoms with Crippen LogP contribution in [0.3, 0.4) is 0 Å². The Morgan fingerprint density at radius 3 is 2.53 bits per heavy atom. The van der Waals surface area contributed by atoms with Crippen LogP contribution in [0.15, 0.2) is 66.9 Å². The first kappa shape index (κ1) is 27.2. The first-order chi connectivity index (χ1) is 18.2. The molecule has 0 spiro atoms. The Kier molecular flexibility index (Phi) is 8.66. The van der Waals surface area contributed by atoms with Crippen molar-refractivity contribution in [1.82, 2.24) is 15.2 Å². The van der Waals surface area contributed by atoms with E-state index in [1.165, 1.54) is 6.08 Å². The molecule has 0 radical (unpaired) electrons. The van der Waals surface area contributed by atoms with Gasteiger partial charge in [-0.25, -0.2) is 4.98 Å². The molecule has 1 aromatic heterocycles. The van der Waals surface area contributed by atoms with Crippen molar-refractivity contribution in [3.8, 4) is 16.9 Å². The van der Waals surface area contributed by atoms with Crippen molar-refractivity contribution in [2.45, 2.75) is 19.4 Å². The van der Waals surface area contributed by atoms with Gasteiger partial charge in [-0.2, -0.15) is 0 Å². The fraction of sp³-hybridized carbons (Fsp3) is 0.276. The van der Waals surface area contributed by atoms with E-state index in [-0.39, 0.29) is 18.4 Å². The number of hydrogen-bond acceptors (Lipinski definition) is 6. The third-order valence-electron chi connectivity index (χ3n) is 5.95. The van der Waals surface area contributed by atoms with Crippen LogP contribution in [0.25, 0.3) is 17.2 Å². The molecule has 3 aromatic rings. The van der Waals surface area contributed by atoms with Gasteiger partial charge in [0, 0.05) is 35.9 Å². The normalized spacial score (nSPS) is 13.9. The summed E-state index contributed by atoms with van der Waals surface area (Å²) >= 11 is 6.40. The highest BCUT2D eigenvalue weighted by atomic mass is 35.5. The number of nitrogens with two attached hydrogens (primary N) is 1. The van der Waals surface area contributed by atoms with Gasteiger partial charge < -0.3 is 25.4 Å². The number of ether oxygens (including phenoxy) is 2. The average Bonchev–Trinajstić information content (AvgIpc) is 2.91. The summed E-state index contributed by atoms with van der Waals surface area (Å²) in [5.74, 6) is 0.741. The van der Waals surface area contributed by atoms with Crippen LogP contribution in [-0.2, 0) is 9.53 Å². The Labute approximate surface area is 227 Å². The Morgan fingerprint density at radius 2 is 1.84 bits per heavy atom. The molecule has 0 atom stereocenters. The van der Waals surface area contributed by atoms with Crippen molar-refractivity contribution in [1.29, 1.82) is 0 Å². The number of aromatic nitrogens is 1. The number of nitrogens with zero attached hydrogens (tertiary/aromatic N) is 2. The molecular formula is C29H31ClN4O4. The fourth-order valence-electron chi connectivity index (χ4n) is 3.94. The molecule has 9 heteroatoms. The van der Waals surface area contributed by atoms with Gasteiger partial charge in [-0.1, -0.05) is 23.7 Å². The molecule has 0 aliphatic carbocycles. The summed E-state index contributed by atoms with van der Waals surface area (Å²) in [4.78, 5) is 30.8. The van der Waals surface area contributed by atoms with Crippen molar-refractivity contribution in [2.75, 3.05) is 38.6 Å². The third-order valence-corrected chi connectivity index (χ3v) is 6.17. The SMILES string of the molecule is CC(C)(CNC(=O)C=Cc1ccc(N)nc1)Oc1cc(Cl)cc(-c2ccc(C(=O)N3CCOCC3)cc2)c1. The van der Waals surface area contributed by atoms with Crippen LogP contribution in [0.1, 0.15) is 29.8 Å². The predicted octanol–water partition coefficient (Wildman–Crippen LogP) is 4.44. The Hall–Kier alpha value is -3.88. The number of nitrogens with one attached hydrogen (secondary N) is 1. The minimum atomic E-state index is -0.706. The molecule has 1 aliphatic heterocycles. The van der Waals surface area contributed by atoms with E-state index in [1.54, 1.807) is 35.4 Å². The number of anilines is 1. The quantitative estimate of drug-likeness (QED) is 0.414. The molecule has 1 aliphatic rings. The number of pyridine rings is 1. The molecule has 1 fully saturated rings. The number of halogens is 1. The lowest BCUT2D eigenvalue weighted by Crippen LogP contribution is -2.42.